The molecule has 8 heteroatoms. The molecule has 1 aromatic carbocycles. The molecule has 0 aromatic heterocycles. The van der Waals surface area contributed by atoms with E-state index in [-0.39, 0.29) is 17.9 Å². The molecule has 146 valence electrons. The summed E-state index contributed by atoms with van der Waals surface area (Å²) in [6.07, 6.45) is 3.33. The summed E-state index contributed by atoms with van der Waals surface area (Å²) in [6, 6.07) is 5.86. The Morgan fingerprint density at radius 2 is 1.78 bits per heavy atom. The maximum absolute atomic E-state index is 12.0. The monoisotopic (exact) mass is 376 g/mol. The predicted octanol–water partition coefficient (Wildman–Crippen LogP) is 3.55. The molecule has 1 aromatic rings. The SMILES string of the molecule is CC(C)(C)OC(=O)N1CCC(OC(=O)/C=C/c2ccc([N+](=O)[O-])cc2)CC1. The van der Waals surface area contributed by atoms with Gasteiger partial charge in [-0.3, -0.25) is 10.1 Å². The Morgan fingerprint density at radius 1 is 1.19 bits per heavy atom. The Hall–Kier alpha value is -2.90. The summed E-state index contributed by atoms with van der Waals surface area (Å²) >= 11 is 0. The van der Waals surface area contributed by atoms with Gasteiger partial charge in [0.25, 0.3) is 5.69 Å². The molecule has 2 rings (SSSR count). The summed E-state index contributed by atoms with van der Waals surface area (Å²) in [6.45, 7) is 6.39. The van der Waals surface area contributed by atoms with Crippen LogP contribution in [0, 0.1) is 10.1 Å². The van der Waals surface area contributed by atoms with Crippen LogP contribution in [0.4, 0.5) is 10.5 Å². The second kappa shape index (κ2) is 8.66. The zero-order valence-electron chi connectivity index (χ0n) is 15.7. The average Bonchev–Trinajstić information content (AvgIpc) is 2.59. The molecule has 1 saturated heterocycles. The molecule has 1 heterocycles. The van der Waals surface area contributed by atoms with Crippen LogP contribution in [-0.2, 0) is 14.3 Å². The number of nitro groups is 1. The van der Waals surface area contributed by atoms with E-state index in [1.54, 1.807) is 23.1 Å². The number of carbonyl (C=O) groups is 2. The van der Waals surface area contributed by atoms with E-state index >= 15 is 0 Å². The van der Waals surface area contributed by atoms with Gasteiger partial charge in [0, 0.05) is 44.1 Å². The van der Waals surface area contributed by atoms with Crippen molar-refractivity contribution < 1.29 is 24.0 Å². The maximum atomic E-state index is 12.0. The normalized spacial score (nSPS) is 15.6. The van der Waals surface area contributed by atoms with Gasteiger partial charge in [-0.1, -0.05) is 0 Å². The Bertz CT molecular complexity index is 713. The van der Waals surface area contributed by atoms with E-state index in [0.717, 1.165) is 0 Å². The number of nitro benzene ring substituents is 1. The summed E-state index contributed by atoms with van der Waals surface area (Å²) < 4.78 is 10.7. The molecule has 1 fully saturated rings. The van der Waals surface area contributed by atoms with E-state index in [4.69, 9.17) is 9.47 Å². The third-order valence-electron chi connectivity index (χ3n) is 3.89. The highest BCUT2D eigenvalue weighted by Gasteiger charge is 2.28. The quantitative estimate of drug-likeness (QED) is 0.345. The van der Waals surface area contributed by atoms with E-state index in [2.05, 4.69) is 0 Å². The summed E-state index contributed by atoms with van der Waals surface area (Å²) in [5, 5.41) is 10.6. The molecule has 0 unspecified atom stereocenters. The van der Waals surface area contributed by atoms with Crippen LogP contribution in [0.3, 0.4) is 0 Å². The van der Waals surface area contributed by atoms with E-state index in [9.17, 15) is 19.7 Å². The van der Waals surface area contributed by atoms with Crippen molar-refractivity contribution in [2.45, 2.75) is 45.3 Å². The number of carbonyl (C=O) groups excluding carboxylic acids is 2. The number of rotatable bonds is 4. The van der Waals surface area contributed by atoms with Crippen LogP contribution in [0.25, 0.3) is 6.08 Å². The van der Waals surface area contributed by atoms with E-state index < -0.39 is 16.5 Å². The highest BCUT2D eigenvalue weighted by molar-refractivity contribution is 5.87. The van der Waals surface area contributed by atoms with Gasteiger partial charge in [-0.2, -0.15) is 0 Å². The van der Waals surface area contributed by atoms with Crippen molar-refractivity contribution in [3.8, 4) is 0 Å². The van der Waals surface area contributed by atoms with Gasteiger partial charge in [0.2, 0.25) is 0 Å². The fraction of sp³-hybridized carbons (Fsp3) is 0.474. The maximum Gasteiger partial charge on any atom is 0.410 e. The lowest BCUT2D eigenvalue weighted by atomic mass is 10.1. The first-order valence-corrected chi connectivity index (χ1v) is 8.75. The Kier molecular flexibility index (Phi) is 6.55. The molecule has 0 N–H and O–H groups in total. The van der Waals surface area contributed by atoms with Gasteiger partial charge in [0.05, 0.1) is 4.92 Å². The number of piperidine rings is 1. The molecule has 0 aliphatic carbocycles. The van der Waals surface area contributed by atoms with Gasteiger partial charge in [0.1, 0.15) is 11.7 Å². The second-order valence-electron chi connectivity index (χ2n) is 7.29. The van der Waals surface area contributed by atoms with Gasteiger partial charge in [-0.15, -0.1) is 0 Å². The summed E-state index contributed by atoms with van der Waals surface area (Å²) in [4.78, 5) is 35.7. The lowest BCUT2D eigenvalue weighted by Crippen LogP contribution is -2.43. The molecule has 1 aliphatic rings. The van der Waals surface area contributed by atoms with Gasteiger partial charge in [-0.05, 0) is 44.5 Å². The number of hydrogen-bond acceptors (Lipinski definition) is 6. The smallest absolute Gasteiger partial charge is 0.410 e. The fourth-order valence-electron chi connectivity index (χ4n) is 2.56. The van der Waals surface area contributed by atoms with Crippen LogP contribution in [0.5, 0.6) is 0 Å². The largest absolute Gasteiger partial charge is 0.459 e. The lowest BCUT2D eigenvalue weighted by Gasteiger charge is -2.33. The number of benzene rings is 1. The number of esters is 1. The zero-order chi connectivity index (χ0) is 20.0. The minimum Gasteiger partial charge on any atom is -0.459 e. The molecule has 0 saturated carbocycles. The zero-order valence-corrected chi connectivity index (χ0v) is 15.7. The van der Waals surface area contributed by atoms with Crippen molar-refractivity contribution in [3.63, 3.8) is 0 Å². The van der Waals surface area contributed by atoms with Crippen molar-refractivity contribution in [2.75, 3.05) is 13.1 Å². The number of likely N-dealkylation sites (tertiary alicyclic amines) is 1. The first kappa shape index (κ1) is 20.4. The van der Waals surface area contributed by atoms with E-state index in [0.29, 0.717) is 31.5 Å². The fourth-order valence-corrected chi connectivity index (χ4v) is 2.56. The van der Waals surface area contributed by atoms with Crippen molar-refractivity contribution in [1.29, 1.82) is 0 Å². The van der Waals surface area contributed by atoms with Crippen LogP contribution in [0.2, 0.25) is 0 Å². The standard InChI is InChI=1S/C19H24N2O6/c1-19(2,3)27-18(23)20-12-10-16(11-13-20)26-17(22)9-6-14-4-7-15(8-5-14)21(24)25/h4-9,16H,10-13H2,1-3H3/b9-6+. The van der Waals surface area contributed by atoms with Crippen LogP contribution in [0.1, 0.15) is 39.2 Å². The minimum atomic E-state index is -0.539. The van der Waals surface area contributed by atoms with Crippen LogP contribution in [-0.4, -0.2) is 46.7 Å². The first-order chi connectivity index (χ1) is 12.6. The second-order valence-corrected chi connectivity index (χ2v) is 7.29. The molecular formula is C19H24N2O6. The Morgan fingerprint density at radius 3 is 2.30 bits per heavy atom. The Labute approximate surface area is 157 Å². The minimum absolute atomic E-state index is 0.00789. The topological polar surface area (TPSA) is 99.0 Å². The van der Waals surface area contributed by atoms with Crippen molar-refractivity contribution in [2.24, 2.45) is 0 Å². The number of ether oxygens (including phenoxy) is 2. The lowest BCUT2D eigenvalue weighted by molar-refractivity contribution is -0.384. The number of non-ortho nitro benzene ring substituents is 1. The third-order valence-corrected chi connectivity index (χ3v) is 3.89. The van der Waals surface area contributed by atoms with Crippen LogP contribution in [0.15, 0.2) is 30.3 Å². The van der Waals surface area contributed by atoms with Gasteiger partial charge < -0.3 is 14.4 Å². The number of amides is 1. The highest BCUT2D eigenvalue weighted by Crippen LogP contribution is 2.18. The molecular weight excluding hydrogens is 352 g/mol. The summed E-state index contributed by atoms with van der Waals surface area (Å²) in [5.74, 6) is -0.482. The molecule has 1 aliphatic heterocycles. The van der Waals surface area contributed by atoms with Crippen LogP contribution >= 0.6 is 0 Å². The third kappa shape index (κ3) is 6.73. The number of hydrogen-bond donors (Lipinski definition) is 0. The van der Waals surface area contributed by atoms with Crippen molar-refractivity contribution >= 4 is 23.8 Å². The van der Waals surface area contributed by atoms with Crippen molar-refractivity contribution in [3.05, 3.63) is 46.0 Å². The van der Waals surface area contributed by atoms with Gasteiger partial charge in [0.15, 0.2) is 0 Å². The summed E-state index contributed by atoms with van der Waals surface area (Å²) in [7, 11) is 0. The van der Waals surface area contributed by atoms with Gasteiger partial charge in [-0.25, -0.2) is 9.59 Å². The van der Waals surface area contributed by atoms with Crippen molar-refractivity contribution in [1.82, 2.24) is 4.90 Å². The first-order valence-electron chi connectivity index (χ1n) is 8.75. The molecule has 0 spiro atoms. The Balaban J connectivity index is 1.78. The molecule has 0 atom stereocenters. The molecule has 27 heavy (non-hydrogen) atoms. The predicted molar refractivity (Wildman–Crippen MR) is 99.1 cm³/mol. The van der Waals surface area contributed by atoms with Gasteiger partial charge >= 0.3 is 12.1 Å². The molecule has 1 amide bonds. The molecule has 0 radical (unpaired) electrons. The molecule has 0 bridgehead atoms. The number of nitrogens with zero attached hydrogens (tertiary/aromatic N) is 2. The van der Waals surface area contributed by atoms with Crippen LogP contribution < -0.4 is 0 Å². The van der Waals surface area contributed by atoms with E-state index in [1.807, 2.05) is 20.8 Å². The molecule has 8 nitrogen and oxygen atoms in total. The van der Waals surface area contributed by atoms with E-state index in [1.165, 1.54) is 18.2 Å². The summed E-state index contributed by atoms with van der Waals surface area (Å²) in [5.41, 5.74) is 0.118. The average molecular weight is 376 g/mol. The highest BCUT2D eigenvalue weighted by atomic mass is 16.6.